The molecule has 4 heteroatoms. The maximum absolute atomic E-state index is 12.4. The summed E-state index contributed by atoms with van der Waals surface area (Å²) >= 11 is 0. The molecule has 2 atom stereocenters. The van der Waals surface area contributed by atoms with E-state index in [9.17, 15) is 4.79 Å². The number of piperidine rings is 1. The summed E-state index contributed by atoms with van der Waals surface area (Å²) in [6.45, 7) is 9.78. The Kier molecular flexibility index (Phi) is 3.73. The highest BCUT2D eigenvalue weighted by atomic mass is 16.5. The molecule has 1 amide bonds. The Bertz CT molecular complexity index is 281. The second-order valence-corrected chi connectivity index (χ2v) is 6.00. The van der Waals surface area contributed by atoms with Gasteiger partial charge in [0.25, 0.3) is 0 Å². The number of hydrogen-bond acceptors (Lipinski definition) is 3. The van der Waals surface area contributed by atoms with Crippen LogP contribution < -0.4 is 5.32 Å². The second kappa shape index (κ2) is 4.94. The Balaban J connectivity index is 1.92. The minimum absolute atomic E-state index is 0.00816. The Morgan fingerprint density at radius 1 is 1.35 bits per heavy atom. The third-order valence-corrected chi connectivity index (χ3v) is 4.01. The normalized spacial score (nSPS) is 33.5. The van der Waals surface area contributed by atoms with E-state index in [1.165, 1.54) is 0 Å². The van der Waals surface area contributed by atoms with E-state index in [0.29, 0.717) is 12.0 Å². The third-order valence-electron chi connectivity index (χ3n) is 4.01. The van der Waals surface area contributed by atoms with Gasteiger partial charge in [-0.1, -0.05) is 13.8 Å². The summed E-state index contributed by atoms with van der Waals surface area (Å²) in [5, 5.41) is 3.27. The number of amides is 1. The minimum Gasteiger partial charge on any atom is -0.375 e. The van der Waals surface area contributed by atoms with Crippen molar-refractivity contribution >= 4 is 5.91 Å². The van der Waals surface area contributed by atoms with Crippen LogP contribution in [-0.4, -0.2) is 49.2 Å². The number of morpholine rings is 1. The highest BCUT2D eigenvalue weighted by Crippen LogP contribution is 2.30. The summed E-state index contributed by atoms with van der Waals surface area (Å²) in [6.07, 6.45) is 2.19. The monoisotopic (exact) mass is 240 g/mol. The fourth-order valence-electron chi connectivity index (χ4n) is 2.54. The molecule has 17 heavy (non-hydrogen) atoms. The molecule has 0 bridgehead atoms. The number of carbonyl (C=O) groups excluding carboxylic acids is 1. The van der Waals surface area contributed by atoms with Crippen LogP contribution in [0.5, 0.6) is 0 Å². The van der Waals surface area contributed by atoms with Crippen LogP contribution in [0.25, 0.3) is 0 Å². The molecule has 2 fully saturated rings. The molecule has 2 heterocycles. The molecule has 0 aromatic heterocycles. The lowest BCUT2D eigenvalue weighted by molar-refractivity contribution is -0.141. The summed E-state index contributed by atoms with van der Waals surface area (Å²) < 4.78 is 5.53. The quantitative estimate of drug-likeness (QED) is 0.744. The van der Waals surface area contributed by atoms with E-state index in [2.05, 4.69) is 19.2 Å². The average molecular weight is 240 g/mol. The number of ether oxygens (including phenoxy) is 1. The maximum Gasteiger partial charge on any atom is 0.242 e. The van der Waals surface area contributed by atoms with Crippen molar-refractivity contribution in [3.63, 3.8) is 0 Å². The lowest BCUT2D eigenvalue weighted by atomic mass is 9.82. The van der Waals surface area contributed by atoms with E-state index < -0.39 is 0 Å². The van der Waals surface area contributed by atoms with E-state index in [1.54, 1.807) is 0 Å². The van der Waals surface area contributed by atoms with Gasteiger partial charge >= 0.3 is 0 Å². The standard InChI is InChI=1S/C13H24N2O2/c1-10-11(14-6-9-17-10)12(16)15-7-4-13(2,3)5-8-15/h10-11,14H,4-9H2,1-3H3/t10-,11+/m1/s1. The number of nitrogens with zero attached hydrogens (tertiary/aromatic N) is 1. The first-order valence-corrected chi connectivity index (χ1v) is 6.63. The zero-order chi connectivity index (χ0) is 12.5. The van der Waals surface area contributed by atoms with E-state index in [-0.39, 0.29) is 18.1 Å². The SMILES string of the molecule is C[C@H]1OCCN[C@@H]1C(=O)N1CCC(C)(C)CC1. The molecule has 2 saturated heterocycles. The van der Waals surface area contributed by atoms with Crippen molar-refractivity contribution < 1.29 is 9.53 Å². The topological polar surface area (TPSA) is 41.6 Å². The van der Waals surface area contributed by atoms with Gasteiger partial charge in [0.15, 0.2) is 0 Å². The fraction of sp³-hybridized carbons (Fsp3) is 0.923. The molecule has 1 N–H and O–H groups in total. The molecule has 0 saturated carbocycles. The van der Waals surface area contributed by atoms with Crippen molar-refractivity contribution in [3.05, 3.63) is 0 Å². The van der Waals surface area contributed by atoms with Crippen LogP contribution in [-0.2, 0) is 9.53 Å². The molecule has 2 aliphatic rings. The first kappa shape index (κ1) is 12.8. The van der Waals surface area contributed by atoms with Crippen LogP contribution in [0.3, 0.4) is 0 Å². The smallest absolute Gasteiger partial charge is 0.242 e. The van der Waals surface area contributed by atoms with E-state index in [0.717, 1.165) is 32.5 Å². The highest BCUT2D eigenvalue weighted by Gasteiger charge is 2.35. The number of carbonyl (C=O) groups is 1. The van der Waals surface area contributed by atoms with Gasteiger partial charge in [0.2, 0.25) is 5.91 Å². The van der Waals surface area contributed by atoms with Gasteiger partial charge in [-0.3, -0.25) is 4.79 Å². The second-order valence-electron chi connectivity index (χ2n) is 6.00. The predicted octanol–water partition coefficient (Wildman–Crippen LogP) is 1.01. The van der Waals surface area contributed by atoms with Crippen LogP contribution in [0, 0.1) is 5.41 Å². The first-order valence-electron chi connectivity index (χ1n) is 6.63. The summed E-state index contributed by atoms with van der Waals surface area (Å²) in [5.74, 6) is 0.215. The summed E-state index contributed by atoms with van der Waals surface area (Å²) in [5.41, 5.74) is 0.388. The van der Waals surface area contributed by atoms with E-state index in [1.807, 2.05) is 11.8 Å². The van der Waals surface area contributed by atoms with Crippen LogP contribution in [0.4, 0.5) is 0 Å². The fourth-order valence-corrected chi connectivity index (χ4v) is 2.54. The summed E-state index contributed by atoms with van der Waals surface area (Å²) in [4.78, 5) is 14.4. The molecular formula is C13H24N2O2. The van der Waals surface area contributed by atoms with Crippen LogP contribution in [0.2, 0.25) is 0 Å². The highest BCUT2D eigenvalue weighted by molar-refractivity contribution is 5.82. The number of nitrogens with one attached hydrogen (secondary N) is 1. The van der Waals surface area contributed by atoms with Gasteiger partial charge in [0.1, 0.15) is 6.04 Å². The minimum atomic E-state index is -0.148. The molecule has 4 nitrogen and oxygen atoms in total. The van der Waals surface area contributed by atoms with E-state index in [4.69, 9.17) is 4.74 Å². The Morgan fingerprint density at radius 2 is 2.00 bits per heavy atom. The van der Waals surface area contributed by atoms with Gasteiger partial charge in [0.05, 0.1) is 12.7 Å². The van der Waals surface area contributed by atoms with Gasteiger partial charge in [-0.2, -0.15) is 0 Å². The Hall–Kier alpha value is -0.610. The molecule has 0 aromatic carbocycles. The summed E-state index contributed by atoms with van der Waals surface area (Å²) in [6, 6.07) is -0.148. The van der Waals surface area contributed by atoms with E-state index >= 15 is 0 Å². The van der Waals surface area contributed by atoms with Gasteiger partial charge in [0, 0.05) is 19.6 Å². The van der Waals surface area contributed by atoms with Crippen molar-refractivity contribution in [2.24, 2.45) is 5.41 Å². The Labute approximate surface area is 104 Å². The largest absolute Gasteiger partial charge is 0.375 e. The van der Waals surface area contributed by atoms with Gasteiger partial charge < -0.3 is 15.0 Å². The zero-order valence-electron chi connectivity index (χ0n) is 11.2. The zero-order valence-corrected chi connectivity index (χ0v) is 11.2. The predicted molar refractivity (Wildman–Crippen MR) is 66.8 cm³/mol. The van der Waals surface area contributed by atoms with Crippen molar-refractivity contribution in [2.45, 2.75) is 45.8 Å². The average Bonchev–Trinajstić information content (AvgIpc) is 2.29. The van der Waals surface area contributed by atoms with Gasteiger partial charge in [-0.25, -0.2) is 0 Å². The van der Waals surface area contributed by atoms with Crippen molar-refractivity contribution in [1.29, 1.82) is 0 Å². The lowest BCUT2D eigenvalue weighted by Gasteiger charge is -2.40. The molecule has 2 rings (SSSR count). The van der Waals surface area contributed by atoms with Crippen LogP contribution in [0.15, 0.2) is 0 Å². The Morgan fingerprint density at radius 3 is 2.59 bits per heavy atom. The van der Waals surface area contributed by atoms with Gasteiger partial charge in [-0.05, 0) is 25.2 Å². The van der Waals surface area contributed by atoms with Crippen molar-refractivity contribution in [1.82, 2.24) is 10.2 Å². The molecule has 0 unspecified atom stereocenters. The van der Waals surface area contributed by atoms with Crippen LogP contribution in [0.1, 0.15) is 33.6 Å². The van der Waals surface area contributed by atoms with Crippen LogP contribution >= 0.6 is 0 Å². The molecule has 0 spiro atoms. The molecule has 0 aliphatic carbocycles. The molecular weight excluding hydrogens is 216 g/mol. The number of rotatable bonds is 1. The molecule has 98 valence electrons. The summed E-state index contributed by atoms with van der Waals surface area (Å²) in [7, 11) is 0. The number of hydrogen-bond donors (Lipinski definition) is 1. The lowest BCUT2D eigenvalue weighted by Crippen LogP contribution is -2.57. The molecule has 2 aliphatic heterocycles. The molecule has 0 aromatic rings. The maximum atomic E-state index is 12.4. The van der Waals surface area contributed by atoms with Crippen molar-refractivity contribution in [3.8, 4) is 0 Å². The number of likely N-dealkylation sites (tertiary alicyclic amines) is 1. The molecule has 0 radical (unpaired) electrons. The first-order chi connectivity index (χ1) is 7.99. The van der Waals surface area contributed by atoms with Crippen molar-refractivity contribution in [2.75, 3.05) is 26.2 Å². The third kappa shape index (κ3) is 2.99. The van der Waals surface area contributed by atoms with Gasteiger partial charge in [-0.15, -0.1) is 0 Å².